The number of nitrogens with zero attached hydrogens (tertiary/aromatic N) is 2. The van der Waals surface area contributed by atoms with Gasteiger partial charge in [0.05, 0.1) is 6.61 Å². The largest absolute Gasteiger partial charge is 0.494 e. The normalized spacial score (nSPS) is 12.3. The summed E-state index contributed by atoms with van der Waals surface area (Å²) in [6.45, 7) is 2.72. The van der Waals surface area contributed by atoms with E-state index < -0.39 is 0 Å². The summed E-state index contributed by atoms with van der Waals surface area (Å²) in [5.41, 5.74) is 1.53. The molecule has 0 spiro atoms. The van der Waals surface area contributed by atoms with Crippen LogP contribution < -0.4 is 19.5 Å². The molecule has 3 aromatic rings. The number of carbonyl (C=O) groups excluding carboxylic acids is 1. The van der Waals surface area contributed by atoms with Crippen molar-refractivity contribution in [3.63, 3.8) is 0 Å². The molecule has 0 aliphatic carbocycles. The molecular formula is C20H17N3O5. The number of amides is 1. The van der Waals surface area contributed by atoms with Crippen molar-refractivity contribution >= 4 is 18.0 Å². The summed E-state index contributed by atoms with van der Waals surface area (Å²) in [5, 5.41) is 10.3. The van der Waals surface area contributed by atoms with Gasteiger partial charge in [-0.1, -0.05) is 11.2 Å². The number of carbonyl (C=O) groups is 1. The van der Waals surface area contributed by atoms with Gasteiger partial charge in [-0.2, -0.15) is 0 Å². The Balaban J connectivity index is 1.38. The lowest BCUT2D eigenvalue weighted by Crippen LogP contribution is -2.07. The fraction of sp³-hybridized carbons (Fsp3) is 0.150. The van der Waals surface area contributed by atoms with Crippen LogP contribution in [0, 0.1) is 0 Å². The molecule has 2 heterocycles. The quantitative estimate of drug-likeness (QED) is 0.655. The molecule has 0 fully saturated rings. The molecule has 1 N–H and O–H groups in total. The molecule has 1 amide bonds. The van der Waals surface area contributed by atoms with E-state index in [0.29, 0.717) is 24.0 Å². The van der Waals surface area contributed by atoms with Crippen LogP contribution in [0.4, 0.5) is 6.01 Å². The maximum absolute atomic E-state index is 12.1. The molecule has 0 saturated carbocycles. The van der Waals surface area contributed by atoms with Gasteiger partial charge in [-0.3, -0.25) is 10.1 Å². The zero-order valence-corrected chi connectivity index (χ0v) is 15.0. The minimum atomic E-state index is -0.389. The molecule has 28 heavy (non-hydrogen) atoms. The second-order valence-corrected chi connectivity index (χ2v) is 5.81. The minimum Gasteiger partial charge on any atom is -0.494 e. The molecule has 0 atom stereocenters. The number of rotatable bonds is 6. The number of ether oxygens (including phenoxy) is 3. The molecule has 0 radical (unpaired) electrons. The molecular weight excluding hydrogens is 362 g/mol. The van der Waals surface area contributed by atoms with Gasteiger partial charge in [-0.05, 0) is 55.0 Å². The molecule has 0 bridgehead atoms. The van der Waals surface area contributed by atoms with Crippen molar-refractivity contribution in [3.05, 3.63) is 54.1 Å². The molecule has 0 unspecified atom stereocenters. The van der Waals surface area contributed by atoms with E-state index in [-0.39, 0.29) is 18.7 Å². The summed E-state index contributed by atoms with van der Waals surface area (Å²) in [7, 11) is 0. The predicted octanol–water partition coefficient (Wildman–Crippen LogP) is 3.52. The maximum Gasteiger partial charge on any atom is 0.322 e. The average molecular weight is 379 g/mol. The van der Waals surface area contributed by atoms with Crippen molar-refractivity contribution in [3.8, 4) is 28.7 Å². The van der Waals surface area contributed by atoms with Crippen LogP contribution in [0.25, 0.3) is 17.5 Å². The third-order valence-corrected chi connectivity index (χ3v) is 3.89. The molecule has 142 valence electrons. The van der Waals surface area contributed by atoms with Gasteiger partial charge < -0.3 is 18.6 Å². The zero-order chi connectivity index (χ0) is 19.3. The van der Waals surface area contributed by atoms with Crippen molar-refractivity contribution in [2.24, 2.45) is 0 Å². The monoisotopic (exact) mass is 379 g/mol. The van der Waals surface area contributed by atoms with Crippen molar-refractivity contribution < 1.29 is 23.4 Å². The third kappa shape index (κ3) is 3.96. The van der Waals surface area contributed by atoms with Crippen molar-refractivity contribution in [2.45, 2.75) is 6.92 Å². The fourth-order valence-electron chi connectivity index (χ4n) is 2.59. The Morgan fingerprint density at radius 2 is 1.96 bits per heavy atom. The molecule has 0 saturated heterocycles. The lowest BCUT2D eigenvalue weighted by Gasteiger charge is -2.02. The van der Waals surface area contributed by atoms with Gasteiger partial charge in [0.1, 0.15) is 5.75 Å². The second kappa shape index (κ2) is 7.83. The van der Waals surface area contributed by atoms with E-state index in [1.807, 2.05) is 37.3 Å². The SMILES string of the molecule is CCOc1ccc(-c2nnc(NC(=O)C=Cc3ccc4c(c3)OCO4)o2)cc1. The summed E-state index contributed by atoms with van der Waals surface area (Å²) in [6.07, 6.45) is 3.03. The molecule has 8 nitrogen and oxygen atoms in total. The van der Waals surface area contributed by atoms with Crippen LogP contribution in [-0.4, -0.2) is 29.5 Å². The Kier molecular flexibility index (Phi) is 4.92. The van der Waals surface area contributed by atoms with E-state index in [4.69, 9.17) is 18.6 Å². The molecule has 1 aliphatic heterocycles. The standard InChI is InChI=1S/C20H17N3O5/c1-2-25-15-7-5-14(6-8-15)19-22-23-20(28-19)21-18(24)10-4-13-3-9-16-17(11-13)27-12-26-16/h3-11H,2,12H2,1H3,(H,21,23,24). The van der Waals surface area contributed by atoms with Gasteiger partial charge in [0.25, 0.3) is 5.91 Å². The Morgan fingerprint density at radius 1 is 1.14 bits per heavy atom. The van der Waals surface area contributed by atoms with E-state index >= 15 is 0 Å². The molecule has 1 aromatic heterocycles. The first kappa shape index (κ1) is 17.6. The topological polar surface area (TPSA) is 95.7 Å². The van der Waals surface area contributed by atoms with Crippen LogP contribution >= 0.6 is 0 Å². The summed E-state index contributed by atoms with van der Waals surface area (Å²) >= 11 is 0. The van der Waals surface area contributed by atoms with Gasteiger partial charge in [0.15, 0.2) is 11.5 Å². The van der Waals surface area contributed by atoms with Gasteiger partial charge in [-0.15, -0.1) is 5.10 Å². The third-order valence-electron chi connectivity index (χ3n) is 3.89. The van der Waals surface area contributed by atoms with Crippen molar-refractivity contribution in [2.75, 3.05) is 18.7 Å². The Bertz CT molecular complexity index is 1010. The second-order valence-electron chi connectivity index (χ2n) is 5.81. The number of hydrogen-bond donors (Lipinski definition) is 1. The number of anilines is 1. The zero-order valence-electron chi connectivity index (χ0n) is 15.0. The lowest BCUT2D eigenvalue weighted by molar-refractivity contribution is -0.112. The van der Waals surface area contributed by atoms with Gasteiger partial charge in [-0.25, -0.2) is 0 Å². The highest BCUT2D eigenvalue weighted by Gasteiger charge is 2.13. The van der Waals surface area contributed by atoms with E-state index in [1.54, 1.807) is 18.2 Å². The van der Waals surface area contributed by atoms with Crippen LogP contribution in [0.5, 0.6) is 17.2 Å². The van der Waals surface area contributed by atoms with Crippen LogP contribution in [-0.2, 0) is 4.79 Å². The highest BCUT2D eigenvalue weighted by molar-refractivity contribution is 6.00. The highest BCUT2D eigenvalue weighted by atomic mass is 16.7. The average Bonchev–Trinajstić information content (AvgIpc) is 3.36. The van der Waals surface area contributed by atoms with Gasteiger partial charge in [0.2, 0.25) is 12.7 Å². The summed E-state index contributed by atoms with van der Waals surface area (Å²) < 4.78 is 21.4. The van der Waals surface area contributed by atoms with E-state index in [0.717, 1.165) is 16.9 Å². The number of hydrogen-bond acceptors (Lipinski definition) is 7. The number of fused-ring (bicyclic) bond motifs is 1. The maximum atomic E-state index is 12.1. The Morgan fingerprint density at radius 3 is 2.79 bits per heavy atom. The molecule has 8 heteroatoms. The van der Waals surface area contributed by atoms with E-state index in [1.165, 1.54) is 6.08 Å². The number of nitrogens with one attached hydrogen (secondary N) is 1. The molecule has 4 rings (SSSR count). The fourth-order valence-corrected chi connectivity index (χ4v) is 2.59. The molecule has 1 aliphatic rings. The first-order chi connectivity index (χ1) is 13.7. The van der Waals surface area contributed by atoms with Crippen molar-refractivity contribution in [1.82, 2.24) is 10.2 Å². The number of aromatic nitrogens is 2. The van der Waals surface area contributed by atoms with Crippen LogP contribution in [0.3, 0.4) is 0 Å². The van der Waals surface area contributed by atoms with Crippen molar-refractivity contribution in [1.29, 1.82) is 0 Å². The summed E-state index contributed by atoms with van der Waals surface area (Å²) in [4.78, 5) is 12.1. The van der Waals surface area contributed by atoms with E-state index in [9.17, 15) is 4.79 Å². The minimum absolute atomic E-state index is 0.0178. The van der Waals surface area contributed by atoms with Gasteiger partial charge in [0, 0.05) is 11.6 Å². The van der Waals surface area contributed by atoms with E-state index in [2.05, 4.69) is 15.5 Å². The van der Waals surface area contributed by atoms with Crippen LogP contribution in [0.2, 0.25) is 0 Å². The number of benzene rings is 2. The summed E-state index contributed by atoms with van der Waals surface area (Å²) in [6, 6.07) is 12.7. The van der Waals surface area contributed by atoms with Crippen LogP contribution in [0.1, 0.15) is 12.5 Å². The van der Waals surface area contributed by atoms with Gasteiger partial charge >= 0.3 is 6.01 Å². The first-order valence-corrected chi connectivity index (χ1v) is 8.67. The predicted molar refractivity (Wildman–Crippen MR) is 101 cm³/mol. The summed E-state index contributed by atoms with van der Waals surface area (Å²) in [5.74, 6) is 2.01. The first-order valence-electron chi connectivity index (χ1n) is 8.67. The van der Waals surface area contributed by atoms with Crippen LogP contribution in [0.15, 0.2) is 53.0 Å². The highest BCUT2D eigenvalue weighted by Crippen LogP contribution is 2.32. The Hall–Kier alpha value is -3.81. The lowest BCUT2D eigenvalue weighted by atomic mass is 10.2. The smallest absolute Gasteiger partial charge is 0.322 e. The Labute approximate surface area is 160 Å². The molecule has 2 aromatic carbocycles.